The van der Waals surface area contributed by atoms with Crippen LogP contribution in [0.15, 0.2) is 36.9 Å². The van der Waals surface area contributed by atoms with Gasteiger partial charge < -0.3 is 9.88 Å². The molecule has 0 fully saturated rings. The van der Waals surface area contributed by atoms with Crippen LogP contribution in [0, 0.1) is 11.3 Å². The van der Waals surface area contributed by atoms with Gasteiger partial charge in [0.2, 0.25) is 0 Å². The lowest BCUT2D eigenvalue weighted by Crippen LogP contribution is -2.10. The van der Waals surface area contributed by atoms with Gasteiger partial charge in [0, 0.05) is 31.2 Å². The van der Waals surface area contributed by atoms with Crippen molar-refractivity contribution in [3.63, 3.8) is 0 Å². The second kappa shape index (κ2) is 6.31. The number of aryl methyl sites for hydroxylation is 1. The molecule has 110 valence electrons. The van der Waals surface area contributed by atoms with Crippen molar-refractivity contribution < 1.29 is 13.2 Å². The Morgan fingerprint density at radius 3 is 2.76 bits per heavy atom. The number of hydrogen-bond donors (Lipinski definition) is 1. The summed E-state index contributed by atoms with van der Waals surface area (Å²) in [5.74, 6) is 0. The highest BCUT2D eigenvalue weighted by atomic mass is 19.4. The molecule has 1 N–H and O–H groups in total. The Kier molecular flexibility index (Phi) is 4.48. The molecule has 0 aliphatic rings. The van der Waals surface area contributed by atoms with Crippen molar-refractivity contribution in [1.29, 1.82) is 5.26 Å². The van der Waals surface area contributed by atoms with E-state index in [9.17, 15) is 13.2 Å². The molecule has 0 bridgehead atoms. The maximum Gasteiger partial charge on any atom is 0.417 e. The highest BCUT2D eigenvalue weighted by Gasteiger charge is 2.33. The molecule has 0 aliphatic carbocycles. The van der Waals surface area contributed by atoms with E-state index in [-0.39, 0.29) is 5.56 Å². The lowest BCUT2D eigenvalue weighted by atomic mass is 10.1. The molecule has 1 heterocycles. The summed E-state index contributed by atoms with van der Waals surface area (Å²) in [7, 11) is 0. The van der Waals surface area contributed by atoms with Crippen molar-refractivity contribution in [2.45, 2.75) is 19.1 Å². The van der Waals surface area contributed by atoms with E-state index in [0.29, 0.717) is 12.2 Å². The van der Waals surface area contributed by atoms with Crippen molar-refractivity contribution in [3.05, 3.63) is 48.0 Å². The first-order chi connectivity index (χ1) is 10.0. The molecule has 21 heavy (non-hydrogen) atoms. The largest absolute Gasteiger partial charge is 0.417 e. The Bertz CT molecular complexity index is 627. The summed E-state index contributed by atoms with van der Waals surface area (Å²) < 4.78 is 39.9. The third-order valence-electron chi connectivity index (χ3n) is 2.93. The number of hydrogen-bond acceptors (Lipinski definition) is 3. The minimum Gasteiger partial charge on any atom is -0.385 e. The van der Waals surface area contributed by atoms with Crippen LogP contribution in [0.2, 0.25) is 0 Å². The molecule has 4 nitrogen and oxygen atoms in total. The van der Waals surface area contributed by atoms with Crippen LogP contribution in [0.5, 0.6) is 0 Å². The normalized spacial score (nSPS) is 11.1. The number of anilines is 1. The summed E-state index contributed by atoms with van der Waals surface area (Å²) in [6.07, 6.45) is 1.50. The number of nitriles is 1. The molecule has 0 spiro atoms. The highest BCUT2D eigenvalue weighted by Crippen LogP contribution is 2.32. The van der Waals surface area contributed by atoms with Crippen LogP contribution < -0.4 is 5.32 Å². The van der Waals surface area contributed by atoms with E-state index in [2.05, 4.69) is 10.3 Å². The second-order valence-corrected chi connectivity index (χ2v) is 4.45. The Balaban J connectivity index is 1.94. The van der Waals surface area contributed by atoms with Crippen LogP contribution in [0.4, 0.5) is 18.9 Å². The number of alkyl halides is 3. The first-order valence-electron chi connectivity index (χ1n) is 6.31. The summed E-state index contributed by atoms with van der Waals surface area (Å²) in [5.41, 5.74) is -0.777. The monoisotopic (exact) mass is 294 g/mol. The van der Waals surface area contributed by atoms with Crippen molar-refractivity contribution >= 4 is 5.69 Å². The van der Waals surface area contributed by atoms with Crippen LogP contribution in [0.25, 0.3) is 0 Å². The first-order valence-corrected chi connectivity index (χ1v) is 6.31. The Morgan fingerprint density at radius 1 is 1.33 bits per heavy atom. The average Bonchev–Trinajstić information content (AvgIpc) is 2.95. The molecule has 0 saturated heterocycles. The van der Waals surface area contributed by atoms with Gasteiger partial charge in [-0.05, 0) is 24.6 Å². The summed E-state index contributed by atoms with van der Waals surface area (Å²) >= 11 is 0. The number of aromatic nitrogens is 2. The summed E-state index contributed by atoms with van der Waals surface area (Å²) in [6.45, 7) is 1.35. The van der Waals surface area contributed by atoms with Gasteiger partial charge in [-0.25, -0.2) is 4.98 Å². The molecule has 7 heteroatoms. The van der Waals surface area contributed by atoms with Gasteiger partial charge in [-0.3, -0.25) is 0 Å². The maximum atomic E-state index is 12.7. The molecular weight excluding hydrogens is 281 g/mol. The van der Waals surface area contributed by atoms with Gasteiger partial charge in [-0.2, -0.15) is 18.4 Å². The van der Waals surface area contributed by atoms with Gasteiger partial charge in [-0.15, -0.1) is 0 Å². The molecule has 2 rings (SSSR count). The van der Waals surface area contributed by atoms with E-state index in [1.807, 2.05) is 10.8 Å². The Labute approximate surface area is 119 Å². The number of halogens is 3. The van der Waals surface area contributed by atoms with E-state index < -0.39 is 11.7 Å². The first kappa shape index (κ1) is 14.9. The molecule has 0 unspecified atom stereocenters. The van der Waals surface area contributed by atoms with Crippen LogP contribution in [0.1, 0.15) is 17.5 Å². The lowest BCUT2D eigenvalue weighted by Gasteiger charge is -2.11. The van der Waals surface area contributed by atoms with Crippen molar-refractivity contribution in [3.8, 4) is 6.07 Å². The zero-order chi connectivity index (χ0) is 15.3. The summed E-state index contributed by atoms with van der Waals surface area (Å²) in [5, 5.41) is 11.8. The van der Waals surface area contributed by atoms with Gasteiger partial charge >= 0.3 is 6.18 Å². The van der Waals surface area contributed by atoms with Gasteiger partial charge in [0.25, 0.3) is 0 Å². The molecule has 0 radical (unpaired) electrons. The lowest BCUT2D eigenvalue weighted by molar-refractivity contribution is -0.137. The number of benzene rings is 1. The van der Waals surface area contributed by atoms with Gasteiger partial charge in [-0.1, -0.05) is 0 Å². The molecular formula is C14H13F3N4. The minimum absolute atomic E-state index is 0.373. The van der Waals surface area contributed by atoms with Gasteiger partial charge in [0.1, 0.15) is 0 Å². The number of nitrogens with one attached hydrogen (secondary N) is 1. The SMILES string of the molecule is N#Cc1cc(NCCCn2ccnc2)ccc1C(F)(F)F. The number of imidazole rings is 1. The van der Waals surface area contributed by atoms with Crippen LogP contribution in [0.3, 0.4) is 0 Å². The standard InChI is InChI=1S/C14H13F3N4/c15-14(16,17)13-3-2-12(8-11(13)9-18)20-4-1-6-21-7-5-19-10-21/h2-3,5,7-8,10,20H,1,4,6H2. The molecule has 0 atom stereocenters. The Hall–Kier alpha value is -2.49. The number of nitrogens with zero attached hydrogens (tertiary/aromatic N) is 3. The quantitative estimate of drug-likeness (QED) is 0.861. The molecule has 2 aromatic rings. The Morgan fingerprint density at radius 2 is 2.14 bits per heavy atom. The zero-order valence-electron chi connectivity index (χ0n) is 11.1. The third kappa shape index (κ3) is 3.99. The summed E-state index contributed by atoms with van der Waals surface area (Å²) in [4.78, 5) is 3.91. The molecule has 0 aliphatic heterocycles. The third-order valence-corrected chi connectivity index (χ3v) is 2.93. The van der Waals surface area contributed by atoms with Crippen LogP contribution in [-0.2, 0) is 12.7 Å². The van der Waals surface area contributed by atoms with Crippen molar-refractivity contribution in [1.82, 2.24) is 9.55 Å². The fraction of sp³-hybridized carbons (Fsp3) is 0.286. The van der Waals surface area contributed by atoms with Crippen molar-refractivity contribution in [2.75, 3.05) is 11.9 Å². The molecule has 0 amide bonds. The second-order valence-electron chi connectivity index (χ2n) is 4.45. The van der Waals surface area contributed by atoms with E-state index in [4.69, 9.17) is 5.26 Å². The van der Waals surface area contributed by atoms with E-state index in [1.165, 1.54) is 12.1 Å². The van der Waals surface area contributed by atoms with Gasteiger partial charge in [0.15, 0.2) is 0 Å². The molecule has 1 aromatic heterocycles. The summed E-state index contributed by atoms with van der Waals surface area (Å²) in [6, 6.07) is 5.07. The van der Waals surface area contributed by atoms with E-state index in [1.54, 1.807) is 18.6 Å². The fourth-order valence-electron chi connectivity index (χ4n) is 1.91. The average molecular weight is 294 g/mol. The topological polar surface area (TPSA) is 53.6 Å². The van der Waals surface area contributed by atoms with Crippen LogP contribution in [-0.4, -0.2) is 16.1 Å². The predicted molar refractivity (Wildman–Crippen MR) is 71.5 cm³/mol. The zero-order valence-corrected chi connectivity index (χ0v) is 11.1. The van der Waals surface area contributed by atoms with E-state index >= 15 is 0 Å². The van der Waals surface area contributed by atoms with Crippen LogP contribution >= 0.6 is 0 Å². The fourth-order valence-corrected chi connectivity index (χ4v) is 1.91. The smallest absolute Gasteiger partial charge is 0.385 e. The minimum atomic E-state index is -4.51. The maximum absolute atomic E-state index is 12.7. The molecule has 0 saturated carbocycles. The molecule has 1 aromatic carbocycles. The van der Waals surface area contributed by atoms with Gasteiger partial charge in [0.05, 0.1) is 23.5 Å². The van der Waals surface area contributed by atoms with Crippen molar-refractivity contribution in [2.24, 2.45) is 0 Å². The highest BCUT2D eigenvalue weighted by molar-refractivity contribution is 5.53. The number of rotatable bonds is 5. The van der Waals surface area contributed by atoms with E-state index in [0.717, 1.165) is 19.0 Å². The predicted octanol–water partition coefficient (Wildman–Crippen LogP) is 3.28.